The summed E-state index contributed by atoms with van der Waals surface area (Å²) in [6, 6.07) is 0.462. The zero-order valence-electron chi connectivity index (χ0n) is 19.9. The Labute approximate surface area is 198 Å². The van der Waals surface area contributed by atoms with Gasteiger partial charge >= 0.3 is 0 Å². The van der Waals surface area contributed by atoms with Crippen LogP contribution in [0.1, 0.15) is 115 Å². The predicted octanol–water partition coefficient (Wildman–Crippen LogP) is 6.04. The molecule has 1 aromatic heterocycles. The molecule has 180 valence electrons. The Morgan fingerprint density at radius 2 is 1.41 bits per heavy atom. The number of rotatable bonds is 10. The van der Waals surface area contributed by atoms with Crippen LogP contribution < -0.4 is 0 Å². The van der Waals surface area contributed by atoms with Gasteiger partial charge in [-0.1, -0.05) is 69.5 Å². The number of carbonyl (C=O) groups excluding carboxylic acids is 1. The van der Waals surface area contributed by atoms with Crippen molar-refractivity contribution in [3.8, 4) is 0 Å². The summed E-state index contributed by atoms with van der Waals surface area (Å²) in [6.07, 6.45) is 21.3. The lowest BCUT2D eigenvalue weighted by Gasteiger charge is -2.34. The number of amides is 1. The van der Waals surface area contributed by atoms with Crippen molar-refractivity contribution in [3.05, 3.63) is 0 Å². The van der Waals surface area contributed by atoms with Gasteiger partial charge in [0.05, 0.1) is 6.04 Å². The zero-order chi connectivity index (χ0) is 22.0. The van der Waals surface area contributed by atoms with Crippen molar-refractivity contribution in [2.45, 2.75) is 120 Å². The summed E-state index contributed by atoms with van der Waals surface area (Å²) in [5.41, 5.74) is 0. The van der Waals surface area contributed by atoms with Crippen LogP contribution in [-0.2, 0) is 4.79 Å². The minimum absolute atomic E-state index is 0.383. The van der Waals surface area contributed by atoms with Crippen LogP contribution in [0.15, 0.2) is 5.16 Å². The van der Waals surface area contributed by atoms with E-state index in [1.54, 1.807) is 11.8 Å². The summed E-state index contributed by atoms with van der Waals surface area (Å²) in [7, 11) is 0. The Hall–Kier alpha value is -1.11. The number of nitrogens with zero attached hydrogens (tertiary/aromatic N) is 5. The van der Waals surface area contributed by atoms with Crippen LogP contribution >= 0.6 is 11.8 Å². The van der Waals surface area contributed by atoms with Gasteiger partial charge in [-0.15, -0.1) is 5.10 Å². The van der Waals surface area contributed by atoms with E-state index < -0.39 is 0 Å². The fourth-order valence-corrected chi connectivity index (χ4v) is 6.90. The number of carbonyl (C=O) groups is 1. The molecule has 0 aromatic carbocycles. The fourth-order valence-electron chi connectivity index (χ4n) is 6.02. The molecule has 7 heteroatoms. The van der Waals surface area contributed by atoms with Crippen LogP contribution in [0, 0.1) is 11.8 Å². The summed E-state index contributed by atoms with van der Waals surface area (Å²) in [5, 5.41) is 13.4. The first-order valence-corrected chi connectivity index (χ1v) is 14.5. The average Bonchev–Trinajstić information content (AvgIpc) is 3.32. The van der Waals surface area contributed by atoms with E-state index in [1.807, 2.05) is 4.68 Å². The highest BCUT2D eigenvalue weighted by atomic mass is 32.2. The van der Waals surface area contributed by atoms with Crippen molar-refractivity contribution >= 4 is 17.7 Å². The van der Waals surface area contributed by atoms with E-state index in [0.717, 1.165) is 42.3 Å². The average molecular weight is 462 g/mol. The monoisotopic (exact) mass is 461 g/mol. The fraction of sp³-hybridized carbons (Fsp3) is 0.920. The van der Waals surface area contributed by atoms with Crippen molar-refractivity contribution in [3.63, 3.8) is 0 Å². The molecule has 3 aliphatic carbocycles. The van der Waals surface area contributed by atoms with Gasteiger partial charge in [-0.05, 0) is 67.2 Å². The van der Waals surface area contributed by atoms with E-state index in [1.165, 1.54) is 96.3 Å². The molecule has 0 saturated heterocycles. The van der Waals surface area contributed by atoms with Crippen LogP contribution in [0.2, 0.25) is 0 Å². The van der Waals surface area contributed by atoms with Crippen LogP contribution in [0.5, 0.6) is 0 Å². The lowest BCUT2D eigenvalue weighted by Crippen LogP contribution is -2.39. The normalized spacial score (nSPS) is 21.6. The molecule has 6 nitrogen and oxygen atoms in total. The third kappa shape index (κ3) is 7.19. The maximum absolute atomic E-state index is 13.2. The van der Waals surface area contributed by atoms with E-state index in [0.29, 0.717) is 18.4 Å². The molecule has 0 bridgehead atoms. The Morgan fingerprint density at radius 1 is 0.844 bits per heavy atom. The van der Waals surface area contributed by atoms with Gasteiger partial charge < -0.3 is 4.90 Å². The van der Waals surface area contributed by atoms with Gasteiger partial charge in [-0.2, -0.15) is 0 Å². The highest BCUT2D eigenvalue weighted by Crippen LogP contribution is 2.31. The zero-order valence-corrected chi connectivity index (χ0v) is 20.7. The SMILES string of the molecule is O=C(CCCSc1nnnn1C1CCCCC1)N(CC1CCCCC1)CC1CCCCC1. The largest absolute Gasteiger partial charge is 0.342 e. The van der Waals surface area contributed by atoms with Crippen molar-refractivity contribution in [2.75, 3.05) is 18.8 Å². The summed E-state index contributed by atoms with van der Waals surface area (Å²) < 4.78 is 2.05. The van der Waals surface area contributed by atoms with Crippen molar-refractivity contribution in [1.29, 1.82) is 0 Å². The highest BCUT2D eigenvalue weighted by molar-refractivity contribution is 7.99. The van der Waals surface area contributed by atoms with Crippen LogP contribution in [-0.4, -0.2) is 49.9 Å². The van der Waals surface area contributed by atoms with E-state index in [4.69, 9.17) is 0 Å². The molecular formula is C25H43N5OS. The highest BCUT2D eigenvalue weighted by Gasteiger charge is 2.25. The van der Waals surface area contributed by atoms with Gasteiger partial charge in [-0.3, -0.25) is 4.79 Å². The first-order chi connectivity index (χ1) is 15.8. The quantitative estimate of drug-likeness (QED) is 0.314. The molecule has 0 spiro atoms. The smallest absolute Gasteiger partial charge is 0.222 e. The van der Waals surface area contributed by atoms with Crippen molar-refractivity contribution in [2.24, 2.45) is 11.8 Å². The van der Waals surface area contributed by atoms with Crippen LogP contribution in [0.25, 0.3) is 0 Å². The Morgan fingerprint density at radius 3 is 2.00 bits per heavy atom. The van der Waals surface area contributed by atoms with E-state index in [2.05, 4.69) is 20.4 Å². The van der Waals surface area contributed by atoms with Gasteiger partial charge in [0.2, 0.25) is 11.1 Å². The number of tetrazole rings is 1. The Bertz CT molecular complexity index is 658. The molecule has 1 amide bonds. The molecule has 32 heavy (non-hydrogen) atoms. The van der Waals surface area contributed by atoms with E-state index in [-0.39, 0.29) is 0 Å². The molecule has 3 fully saturated rings. The molecule has 0 aliphatic heterocycles. The maximum atomic E-state index is 13.2. The van der Waals surface area contributed by atoms with Crippen LogP contribution in [0.3, 0.4) is 0 Å². The minimum Gasteiger partial charge on any atom is -0.342 e. The second kappa shape index (κ2) is 13.0. The lowest BCUT2D eigenvalue weighted by molar-refractivity contribution is -0.132. The molecule has 3 saturated carbocycles. The molecule has 4 rings (SSSR count). The molecular weight excluding hydrogens is 418 g/mol. The topological polar surface area (TPSA) is 63.9 Å². The molecule has 0 radical (unpaired) electrons. The van der Waals surface area contributed by atoms with Gasteiger partial charge in [-0.25, -0.2) is 4.68 Å². The van der Waals surface area contributed by atoms with Gasteiger partial charge in [0, 0.05) is 25.3 Å². The summed E-state index contributed by atoms with van der Waals surface area (Å²) in [6.45, 7) is 2.00. The molecule has 3 aliphatic rings. The van der Waals surface area contributed by atoms with E-state index in [9.17, 15) is 4.79 Å². The number of thioether (sulfide) groups is 1. The van der Waals surface area contributed by atoms with Gasteiger partial charge in [0.25, 0.3) is 0 Å². The van der Waals surface area contributed by atoms with E-state index >= 15 is 0 Å². The Kier molecular flexibility index (Phi) is 9.72. The third-order valence-electron chi connectivity index (χ3n) is 7.91. The number of hydrogen-bond donors (Lipinski definition) is 0. The first kappa shape index (κ1) is 24.0. The maximum Gasteiger partial charge on any atom is 0.222 e. The van der Waals surface area contributed by atoms with Crippen molar-refractivity contribution < 1.29 is 4.79 Å². The molecule has 0 unspecified atom stereocenters. The second-order valence-corrected chi connectivity index (χ2v) is 11.5. The molecule has 1 aromatic rings. The minimum atomic E-state index is 0.383. The van der Waals surface area contributed by atoms with Gasteiger partial charge in [0.1, 0.15) is 0 Å². The molecule has 1 heterocycles. The number of aromatic nitrogens is 4. The molecule has 0 N–H and O–H groups in total. The van der Waals surface area contributed by atoms with Gasteiger partial charge in [0.15, 0.2) is 0 Å². The van der Waals surface area contributed by atoms with Crippen LogP contribution in [0.4, 0.5) is 0 Å². The summed E-state index contributed by atoms with van der Waals surface area (Å²) in [4.78, 5) is 15.5. The Balaban J connectivity index is 1.24. The molecule has 0 atom stereocenters. The number of hydrogen-bond acceptors (Lipinski definition) is 5. The van der Waals surface area contributed by atoms with Crippen molar-refractivity contribution in [1.82, 2.24) is 25.1 Å². The first-order valence-electron chi connectivity index (χ1n) is 13.5. The summed E-state index contributed by atoms with van der Waals surface area (Å²) in [5.74, 6) is 2.75. The lowest BCUT2D eigenvalue weighted by atomic mass is 9.86. The second-order valence-electron chi connectivity index (χ2n) is 10.5. The third-order valence-corrected chi connectivity index (χ3v) is 8.93. The standard InChI is InChI=1S/C25H43N5OS/c31-24(17-10-18-32-25-26-27-28-30(25)23-15-8-3-9-16-23)29(19-21-11-4-1-5-12-21)20-22-13-6-2-7-14-22/h21-23H,1-20H2. The predicted molar refractivity (Wildman–Crippen MR) is 130 cm³/mol. The summed E-state index contributed by atoms with van der Waals surface area (Å²) >= 11 is 1.73.